The van der Waals surface area contributed by atoms with E-state index in [-0.39, 0.29) is 17.8 Å². The average Bonchev–Trinajstić information content (AvgIpc) is 3.20. The van der Waals surface area contributed by atoms with Crippen molar-refractivity contribution in [2.75, 3.05) is 20.2 Å². The van der Waals surface area contributed by atoms with Crippen LogP contribution in [0.5, 0.6) is 5.75 Å². The summed E-state index contributed by atoms with van der Waals surface area (Å²) in [5.41, 5.74) is 1.74. The summed E-state index contributed by atoms with van der Waals surface area (Å²) in [5, 5.41) is 9.35. The fourth-order valence-electron chi connectivity index (χ4n) is 3.23. The Hall–Kier alpha value is -2.70. The van der Waals surface area contributed by atoms with Gasteiger partial charge >= 0.3 is 0 Å². The summed E-state index contributed by atoms with van der Waals surface area (Å²) in [7, 11) is 1.75. The first kappa shape index (κ1) is 20.0. The quantitative estimate of drug-likeness (QED) is 0.557. The zero-order valence-electron chi connectivity index (χ0n) is 15.9. The summed E-state index contributed by atoms with van der Waals surface area (Å²) in [6.07, 6.45) is 2.94. The number of benzene rings is 2. The second kappa shape index (κ2) is 9.48. The van der Waals surface area contributed by atoms with Gasteiger partial charge in [0.15, 0.2) is 12.6 Å². The highest BCUT2D eigenvalue weighted by Crippen LogP contribution is 2.29. The predicted octanol–water partition coefficient (Wildman–Crippen LogP) is 3.56. The molecule has 148 valence electrons. The molecule has 3 rings (SSSR count). The van der Waals surface area contributed by atoms with Crippen molar-refractivity contribution in [2.24, 2.45) is 0 Å². The average molecular weight is 383 g/mol. The molecule has 1 heterocycles. The van der Waals surface area contributed by atoms with Crippen LogP contribution in [0.4, 0.5) is 0 Å². The van der Waals surface area contributed by atoms with Crippen LogP contribution in [0, 0.1) is 0 Å². The Labute approximate surface area is 164 Å². The van der Waals surface area contributed by atoms with Crippen molar-refractivity contribution in [3.05, 3.63) is 65.2 Å². The third-order valence-electron chi connectivity index (χ3n) is 4.85. The topological polar surface area (TPSA) is 76.1 Å². The Balaban J connectivity index is 1.40. The predicted molar refractivity (Wildman–Crippen MR) is 104 cm³/mol. The molecule has 1 aliphatic heterocycles. The number of aromatic hydroxyl groups is 1. The van der Waals surface area contributed by atoms with Gasteiger partial charge in [0.2, 0.25) is 0 Å². The van der Waals surface area contributed by atoms with Gasteiger partial charge in [-0.2, -0.15) is 0 Å². The van der Waals surface area contributed by atoms with Gasteiger partial charge in [0.1, 0.15) is 5.75 Å². The van der Waals surface area contributed by atoms with Gasteiger partial charge in [-0.3, -0.25) is 9.59 Å². The minimum Gasteiger partial charge on any atom is -0.508 e. The minimum atomic E-state index is -0.394. The molecule has 0 radical (unpaired) electrons. The molecule has 1 saturated heterocycles. The van der Waals surface area contributed by atoms with Crippen LogP contribution in [0.3, 0.4) is 0 Å². The van der Waals surface area contributed by atoms with Crippen LogP contribution in [-0.4, -0.2) is 48.5 Å². The van der Waals surface area contributed by atoms with Crippen LogP contribution < -0.4 is 0 Å². The molecule has 28 heavy (non-hydrogen) atoms. The molecule has 0 aliphatic carbocycles. The Morgan fingerprint density at radius 3 is 2.68 bits per heavy atom. The number of nitrogens with zero attached hydrogens (tertiary/aromatic N) is 1. The van der Waals surface area contributed by atoms with Gasteiger partial charge < -0.3 is 19.5 Å². The monoisotopic (exact) mass is 383 g/mol. The fraction of sp³-hybridized carbons (Fsp3) is 0.364. The van der Waals surface area contributed by atoms with Gasteiger partial charge in [-0.15, -0.1) is 0 Å². The van der Waals surface area contributed by atoms with Crippen LogP contribution in [0.1, 0.15) is 51.8 Å². The molecule has 1 fully saturated rings. The Morgan fingerprint density at radius 2 is 1.93 bits per heavy atom. The van der Waals surface area contributed by atoms with Crippen molar-refractivity contribution in [2.45, 2.75) is 31.7 Å². The van der Waals surface area contributed by atoms with Gasteiger partial charge in [-0.05, 0) is 37.5 Å². The highest BCUT2D eigenvalue weighted by atomic mass is 16.7. The summed E-state index contributed by atoms with van der Waals surface area (Å²) in [6.45, 7) is 1.15. The van der Waals surface area contributed by atoms with E-state index < -0.39 is 6.29 Å². The van der Waals surface area contributed by atoms with E-state index in [4.69, 9.17) is 9.47 Å². The first-order valence-corrected chi connectivity index (χ1v) is 9.44. The maximum absolute atomic E-state index is 12.5. The lowest BCUT2D eigenvalue weighted by atomic mass is 10.1. The Kier molecular flexibility index (Phi) is 6.79. The van der Waals surface area contributed by atoms with Crippen LogP contribution in [-0.2, 0) is 9.47 Å². The lowest BCUT2D eigenvalue weighted by Gasteiger charge is -2.18. The van der Waals surface area contributed by atoms with Gasteiger partial charge in [-0.1, -0.05) is 30.3 Å². The Bertz CT molecular complexity index is 805. The molecule has 2 aromatic carbocycles. The van der Waals surface area contributed by atoms with Crippen LogP contribution in [0.2, 0.25) is 0 Å². The zero-order chi connectivity index (χ0) is 19.9. The van der Waals surface area contributed by atoms with E-state index in [9.17, 15) is 14.7 Å². The minimum absolute atomic E-state index is 0.0237. The number of phenols is 1. The number of unbranched alkanes of at least 4 members (excludes halogenated alkanes) is 1. The lowest BCUT2D eigenvalue weighted by Crippen LogP contribution is -2.28. The van der Waals surface area contributed by atoms with Crippen molar-refractivity contribution in [1.82, 2.24) is 4.90 Å². The van der Waals surface area contributed by atoms with Crippen molar-refractivity contribution in [3.63, 3.8) is 0 Å². The van der Waals surface area contributed by atoms with E-state index >= 15 is 0 Å². The molecule has 2 atom stereocenters. The number of amides is 1. The summed E-state index contributed by atoms with van der Waals surface area (Å²) in [4.78, 5) is 25.2. The number of ether oxygens (including phenoxy) is 2. The smallest absolute Gasteiger partial charge is 0.254 e. The molecular formula is C22H25NO5. The van der Waals surface area contributed by atoms with E-state index in [1.807, 2.05) is 0 Å². The largest absolute Gasteiger partial charge is 0.508 e. The summed E-state index contributed by atoms with van der Waals surface area (Å²) >= 11 is 0. The van der Waals surface area contributed by atoms with Crippen molar-refractivity contribution in [3.8, 4) is 5.75 Å². The second-order valence-electron chi connectivity index (χ2n) is 6.94. The van der Waals surface area contributed by atoms with Crippen molar-refractivity contribution < 1.29 is 24.2 Å². The second-order valence-corrected chi connectivity index (χ2v) is 6.94. The molecular weight excluding hydrogens is 358 g/mol. The number of rotatable bonds is 8. The molecule has 6 heteroatoms. The standard InChI is InChI=1S/C22H25NO5/c1-23(21(26)20-8-3-2-6-17(20)14-24)13-5-4-7-19-15-27-22(28-19)16-9-11-18(25)12-10-16/h2-3,6,8-12,14,19,22,25H,4-5,7,13,15H2,1H3. The number of carbonyl (C=O) groups is 2. The molecule has 6 nitrogen and oxygen atoms in total. The van der Waals surface area contributed by atoms with E-state index in [1.54, 1.807) is 60.5 Å². The third-order valence-corrected chi connectivity index (χ3v) is 4.85. The first-order chi connectivity index (χ1) is 13.6. The lowest BCUT2D eigenvalue weighted by molar-refractivity contribution is -0.0614. The molecule has 0 spiro atoms. The molecule has 1 aliphatic rings. The van der Waals surface area contributed by atoms with Crippen LogP contribution in [0.25, 0.3) is 0 Å². The zero-order valence-corrected chi connectivity index (χ0v) is 15.9. The number of hydrogen-bond donors (Lipinski definition) is 1. The fourth-order valence-corrected chi connectivity index (χ4v) is 3.23. The SMILES string of the molecule is CN(CCCCC1COC(c2ccc(O)cc2)O1)C(=O)c1ccccc1C=O. The molecule has 0 aromatic heterocycles. The summed E-state index contributed by atoms with van der Waals surface area (Å²) < 4.78 is 11.6. The number of carbonyl (C=O) groups excluding carboxylic acids is 2. The molecule has 1 N–H and O–H groups in total. The number of phenolic OH excluding ortho intramolecular Hbond substituents is 1. The summed E-state index contributed by atoms with van der Waals surface area (Å²) in [6, 6.07) is 13.6. The van der Waals surface area contributed by atoms with E-state index in [1.165, 1.54) is 0 Å². The van der Waals surface area contributed by atoms with Crippen molar-refractivity contribution >= 4 is 12.2 Å². The van der Waals surface area contributed by atoms with E-state index in [0.29, 0.717) is 30.6 Å². The number of aldehydes is 1. The molecule has 0 saturated carbocycles. The third kappa shape index (κ3) is 4.97. The van der Waals surface area contributed by atoms with Crippen LogP contribution >= 0.6 is 0 Å². The molecule has 2 unspecified atom stereocenters. The summed E-state index contributed by atoms with van der Waals surface area (Å²) in [5.74, 6) is 0.0725. The van der Waals surface area contributed by atoms with Gasteiger partial charge in [-0.25, -0.2) is 0 Å². The van der Waals surface area contributed by atoms with Crippen molar-refractivity contribution in [1.29, 1.82) is 0 Å². The first-order valence-electron chi connectivity index (χ1n) is 9.44. The maximum Gasteiger partial charge on any atom is 0.254 e. The van der Waals surface area contributed by atoms with Gasteiger partial charge in [0, 0.05) is 24.7 Å². The molecule has 1 amide bonds. The highest BCUT2D eigenvalue weighted by Gasteiger charge is 2.27. The molecule has 0 bridgehead atoms. The molecule has 2 aromatic rings. The maximum atomic E-state index is 12.5. The Morgan fingerprint density at radius 1 is 1.18 bits per heavy atom. The highest BCUT2D eigenvalue weighted by molar-refractivity contribution is 6.01. The van der Waals surface area contributed by atoms with E-state index in [2.05, 4.69) is 0 Å². The van der Waals surface area contributed by atoms with Crippen LogP contribution in [0.15, 0.2) is 48.5 Å². The van der Waals surface area contributed by atoms with E-state index in [0.717, 1.165) is 24.8 Å². The van der Waals surface area contributed by atoms with Gasteiger partial charge in [0.05, 0.1) is 18.3 Å². The normalized spacial score (nSPS) is 18.8. The number of hydrogen-bond acceptors (Lipinski definition) is 5. The van der Waals surface area contributed by atoms with Gasteiger partial charge in [0.25, 0.3) is 5.91 Å².